The molecule has 1 amide bonds. The summed E-state index contributed by atoms with van der Waals surface area (Å²) in [6.07, 6.45) is 5.67. The van der Waals surface area contributed by atoms with E-state index >= 15 is 0 Å². The van der Waals surface area contributed by atoms with Gasteiger partial charge in [0.1, 0.15) is 0 Å². The fourth-order valence-electron chi connectivity index (χ4n) is 4.58. The summed E-state index contributed by atoms with van der Waals surface area (Å²) >= 11 is 0. The van der Waals surface area contributed by atoms with Gasteiger partial charge in [-0.25, -0.2) is 0 Å². The lowest BCUT2D eigenvalue weighted by Gasteiger charge is -2.43. The zero-order valence-corrected chi connectivity index (χ0v) is 18.1. The Hall–Kier alpha value is -0.810. The molecule has 3 rings (SSSR count). The molecule has 0 saturated heterocycles. The first-order valence-electron chi connectivity index (χ1n) is 9.82. The van der Waals surface area contributed by atoms with Gasteiger partial charge in [0.25, 0.3) is 0 Å². The van der Waals surface area contributed by atoms with Gasteiger partial charge in [0.05, 0.1) is 0 Å². The van der Waals surface area contributed by atoms with E-state index in [1.165, 1.54) is 24.8 Å². The molecule has 6 heteroatoms. The van der Waals surface area contributed by atoms with Crippen molar-refractivity contribution < 1.29 is 4.79 Å². The standard InChI is InChI=1S/C21H33N3O.2ClH/c1-15(24(2)14-16-7-4-3-5-8-16)13-23-21(25)19-11-17-9-6-10-18(12-19)20(17)22;;/h3-5,7-8,15,17-20H,6,9-14,22H2,1-2H3,(H,23,25);2*1H. The first-order valence-corrected chi connectivity index (χ1v) is 9.82. The summed E-state index contributed by atoms with van der Waals surface area (Å²) in [5, 5.41) is 3.20. The number of likely N-dealkylation sites (N-methyl/N-ethyl adjacent to an activating group) is 1. The zero-order valence-electron chi connectivity index (χ0n) is 16.5. The van der Waals surface area contributed by atoms with Gasteiger partial charge in [0.15, 0.2) is 0 Å². The van der Waals surface area contributed by atoms with Crippen molar-refractivity contribution in [2.75, 3.05) is 13.6 Å². The number of carbonyl (C=O) groups excluding carboxylic acids is 1. The Morgan fingerprint density at radius 1 is 1.19 bits per heavy atom. The Labute approximate surface area is 176 Å². The third-order valence-corrected chi connectivity index (χ3v) is 6.38. The van der Waals surface area contributed by atoms with E-state index in [1.807, 2.05) is 6.07 Å². The number of hydrogen-bond donors (Lipinski definition) is 2. The minimum atomic E-state index is 0. The molecule has 2 fully saturated rings. The number of hydrogen-bond acceptors (Lipinski definition) is 3. The molecular weight excluding hydrogens is 381 g/mol. The Morgan fingerprint density at radius 2 is 1.78 bits per heavy atom. The topological polar surface area (TPSA) is 58.4 Å². The summed E-state index contributed by atoms with van der Waals surface area (Å²) in [7, 11) is 2.12. The van der Waals surface area contributed by atoms with Gasteiger partial charge >= 0.3 is 0 Å². The summed E-state index contributed by atoms with van der Waals surface area (Å²) < 4.78 is 0. The maximum Gasteiger partial charge on any atom is 0.223 e. The molecule has 0 heterocycles. The Balaban J connectivity index is 0.00000182. The van der Waals surface area contributed by atoms with Crippen LogP contribution >= 0.6 is 24.8 Å². The molecule has 0 aliphatic heterocycles. The molecule has 0 aromatic heterocycles. The fourth-order valence-corrected chi connectivity index (χ4v) is 4.58. The molecule has 2 bridgehead atoms. The van der Waals surface area contributed by atoms with Crippen LogP contribution in [-0.2, 0) is 11.3 Å². The maximum atomic E-state index is 12.7. The van der Waals surface area contributed by atoms with Gasteiger partial charge in [0.2, 0.25) is 5.91 Å². The monoisotopic (exact) mass is 415 g/mol. The number of carbonyl (C=O) groups is 1. The molecular formula is C21H35Cl2N3O. The molecule has 2 saturated carbocycles. The van der Waals surface area contributed by atoms with Crippen molar-refractivity contribution in [3.63, 3.8) is 0 Å². The lowest BCUT2D eigenvalue weighted by molar-refractivity contribution is -0.128. The minimum Gasteiger partial charge on any atom is -0.354 e. The van der Waals surface area contributed by atoms with Gasteiger partial charge in [-0.1, -0.05) is 36.8 Å². The van der Waals surface area contributed by atoms with Crippen LogP contribution in [0.3, 0.4) is 0 Å². The van der Waals surface area contributed by atoms with Gasteiger partial charge in [0, 0.05) is 31.1 Å². The van der Waals surface area contributed by atoms with Crippen LogP contribution in [0, 0.1) is 17.8 Å². The normalized spacial score (nSPS) is 27.9. The molecule has 3 atom stereocenters. The van der Waals surface area contributed by atoms with E-state index in [-0.39, 0.29) is 36.6 Å². The highest BCUT2D eigenvalue weighted by Gasteiger charge is 2.40. The third kappa shape index (κ3) is 6.35. The molecule has 2 aliphatic rings. The van der Waals surface area contributed by atoms with E-state index < -0.39 is 0 Å². The van der Waals surface area contributed by atoms with Crippen LogP contribution < -0.4 is 11.1 Å². The molecule has 2 aliphatic carbocycles. The Bertz CT molecular complexity index is 558. The first kappa shape index (κ1) is 24.2. The van der Waals surface area contributed by atoms with Crippen LogP contribution in [-0.4, -0.2) is 36.5 Å². The fraction of sp³-hybridized carbons (Fsp3) is 0.667. The number of rotatable bonds is 6. The van der Waals surface area contributed by atoms with Crippen molar-refractivity contribution in [3.05, 3.63) is 35.9 Å². The largest absolute Gasteiger partial charge is 0.354 e. The first-order chi connectivity index (χ1) is 12.0. The number of nitrogens with zero attached hydrogens (tertiary/aromatic N) is 1. The summed E-state index contributed by atoms with van der Waals surface area (Å²) in [6.45, 7) is 3.79. The maximum absolute atomic E-state index is 12.7. The summed E-state index contributed by atoms with van der Waals surface area (Å²) in [4.78, 5) is 14.9. The second kappa shape index (κ2) is 11.3. The molecule has 4 nitrogen and oxygen atoms in total. The van der Waals surface area contributed by atoms with Crippen LogP contribution in [0.2, 0.25) is 0 Å². The Morgan fingerprint density at radius 3 is 2.37 bits per heavy atom. The highest BCUT2D eigenvalue weighted by Crippen LogP contribution is 2.41. The predicted molar refractivity (Wildman–Crippen MR) is 116 cm³/mol. The molecule has 0 spiro atoms. The second-order valence-corrected chi connectivity index (χ2v) is 8.19. The number of nitrogens with two attached hydrogens (primary N) is 1. The van der Waals surface area contributed by atoms with E-state index in [2.05, 4.69) is 48.5 Å². The van der Waals surface area contributed by atoms with E-state index in [1.54, 1.807) is 0 Å². The highest BCUT2D eigenvalue weighted by atomic mass is 35.5. The van der Waals surface area contributed by atoms with E-state index in [0.29, 0.717) is 30.5 Å². The van der Waals surface area contributed by atoms with E-state index in [4.69, 9.17) is 5.73 Å². The van der Waals surface area contributed by atoms with Crippen molar-refractivity contribution in [1.29, 1.82) is 0 Å². The van der Waals surface area contributed by atoms with Gasteiger partial charge in [-0.15, -0.1) is 24.8 Å². The smallest absolute Gasteiger partial charge is 0.223 e. The molecule has 27 heavy (non-hydrogen) atoms. The molecule has 1 aromatic carbocycles. The highest BCUT2D eigenvalue weighted by molar-refractivity contribution is 5.85. The van der Waals surface area contributed by atoms with E-state index in [9.17, 15) is 4.79 Å². The SMILES string of the molecule is CC(CNC(=O)C1CC2CCCC(C1)C2N)N(C)Cc1ccccc1.Cl.Cl. The number of benzene rings is 1. The summed E-state index contributed by atoms with van der Waals surface area (Å²) in [5.41, 5.74) is 7.65. The van der Waals surface area contributed by atoms with Gasteiger partial charge in [-0.3, -0.25) is 9.69 Å². The Kier molecular flexibility index (Phi) is 10.1. The van der Waals surface area contributed by atoms with Gasteiger partial charge in [-0.05, 0) is 57.1 Å². The van der Waals surface area contributed by atoms with Gasteiger partial charge < -0.3 is 11.1 Å². The predicted octanol–water partition coefficient (Wildman–Crippen LogP) is 3.62. The lowest BCUT2D eigenvalue weighted by atomic mass is 9.65. The van der Waals surface area contributed by atoms with Crippen LogP contribution in [0.15, 0.2) is 30.3 Å². The second-order valence-electron chi connectivity index (χ2n) is 8.19. The molecule has 154 valence electrons. The van der Waals surface area contributed by atoms with Crippen LogP contribution in [0.4, 0.5) is 0 Å². The third-order valence-electron chi connectivity index (χ3n) is 6.38. The van der Waals surface area contributed by atoms with Crippen LogP contribution in [0.1, 0.15) is 44.6 Å². The molecule has 3 unspecified atom stereocenters. The van der Waals surface area contributed by atoms with E-state index in [0.717, 1.165) is 19.4 Å². The average Bonchev–Trinajstić information content (AvgIpc) is 2.60. The molecule has 1 aromatic rings. The number of amides is 1. The minimum absolute atomic E-state index is 0. The number of halogens is 2. The van der Waals surface area contributed by atoms with Crippen molar-refractivity contribution in [1.82, 2.24) is 10.2 Å². The van der Waals surface area contributed by atoms with Crippen molar-refractivity contribution in [2.24, 2.45) is 23.5 Å². The van der Waals surface area contributed by atoms with Crippen LogP contribution in [0.25, 0.3) is 0 Å². The van der Waals surface area contributed by atoms with Crippen molar-refractivity contribution in [3.8, 4) is 0 Å². The van der Waals surface area contributed by atoms with Crippen LogP contribution in [0.5, 0.6) is 0 Å². The number of fused-ring (bicyclic) bond motifs is 2. The zero-order chi connectivity index (χ0) is 17.8. The quantitative estimate of drug-likeness (QED) is 0.745. The molecule has 3 N–H and O–H groups in total. The van der Waals surface area contributed by atoms with Crippen molar-refractivity contribution in [2.45, 2.75) is 57.7 Å². The van der Waals surface area contributed by atoms with Gasteiger partial charge in [-0.2, -0.15) is 0 Å². The lowest BCUT2D eigenvalue weighted by Crippen LogP contribution is -2.50. The average molecular weight is 416 g/mol. The van der Waals surface area contributed by atoms with Crippen molar-refractivity contribution >= 4 is 30.7 Å². The number of nitrogens with one attached hydrogen (secondary N) is 1. The summed E-state index contributed by atoms with van der Waals surface area (Å²) in [6, 6.07) is 11.1. The molecule has 0 radical (unpaired) electrons. The summed E-state index contributed by atoms with van der Waals surface area (Å²) in [5.74, 6) is 1.52.